The van der Waals surface area contributed by atoms with E-state index in [4.69, 9.17) is 0 Å². The second-order valence-electron chi connectivity index (χ2n) is 6.27. The van der Waals surface area contributed by atoms with Gasteiger partial charge in [-0.05, 0) is 28.8 Å². The van der Waals surface area contributed by atoms with Crippen LogP contribution in [0, 0.1) is 0 Å². The van der Waals surface area contributed by atoms with Gasteiger partial charge in [0.05, 0.1) is 0 Å². The smallest absolute Gasteiger partial charge is 0.295 e. The lowest BCUT2D eigenvalue weighted by Crippen LogP contribution is -2.10. The summed E-state index contributed by atoms with van der Waals surface area (Å²) >= 11 is 0. The van der Waals surface area contributed by atoms with Gasteiger partial charge in [0.1, 0.15) is 10.7 Å². The SMILES string of the molecule is CCC(=O)Cc1ccc(/C=C/c2ccc(NC(=O)CC)cc2S(=O)(=O)O)cc1. The Labute approximate surface area is 165 Å². The van der Waals surface area contributed by atoms with Crippen LogP contribution in [0.3, 0.4) is 0 Å². The van der Waals surface area contributed by atoms with Crippen molar-refractivity contribution < 1.29 is 22.6 Å². The molecule has 148 valence electrons. The number of anilines is 1. The third kappa shape index (κ3) is 6.14. The lowest BCUT2D eigenvalue weighted by molar-refractivity contribution is -0.118. The number of amides is 1. The van der Waals surface area contributed by atoms with Gasteiger partial charge in [0.25, 0.3) is 10.1 Å². The number of benzene rings is 2. The highest BCUT2D eigenvalue weighted by molar-refractivity contribution is 7.86. The Kier molecular flexibility index (Phi) is 7.25. The molecule has 0 aromatic heterocycles. The van der Waals surface area contributed by atoms with E-state index in [0.717, 1.165) is 11.1 Å². The van der Waals surface area contributed by atoms with Crippen LogP contribution in [-0.4, -0.2) is 24.7 Å². The van der Waals surface area contributed by atoms with Gasteiger partial charge in [0.15, 0.2) is 0 Å². The number of ketones is 1. The van der Waals surface area contributed by atoms with Crippen LogP contribution in [0.2, 0.25) is 0 Å². The number of nitrogens with one attached hydrogen (secondary N) is 1. The zero-order chi connectivity index (χ0) is 20.7. The van der Waals surface area contributed by atoms with Gasteiger partial charge in [-0.15, -0.1) is 0 Å². The average Bonchev–Trinajstić information content (AvgIpc) is 2.67. The van der Waals surface area contributed by atoms with Gasteiger partial charge in [0, 0.05) is 24.9 Å². The second-order valence-corrected chi connectivity index (χ2v) is 7.66. The van der Waals surface area contributed by atoms with Gasteiger partial charge in [-0.25, -0.2) is 0 Å². The number of hydrogen-bond acceptors (Lipinski definition) is 4. The Morgan fingerprint density at radius 2 is 1.68 bits per heavy atom. The summed E-state index contributed by atoms with van der Waals surface area (Å²) in [4.78, 5) is 22.7. The summed E-state index contributed by atoms with van der Waals surface area (Å²) in [5, 5.41) is 2.57. The number of Topliss-reactive ketones (excluding diaryl/α,β-unsaturated/α-hetero) is 1. The van der Waals surface area contributed by atoms with E-state index in [2.05, 4.69) is 5.32 Å². The molecule has 0 spiro atoms. The maximum atomic E-state index is 11.7. The van der Waals surface area contributed by atoms with Gasteiger partial charge in [0.2, 0.25) is 5.91 Å². The molecule has 0 aliphatic rings. The first-order valence-corrected chi connectivity index (χ1v) is 10.4. The molecule has 0 atom stereocenters. The van der Waals surface area contributed by atoms with E-state index in [9.17, 15) is 22.6 Å². The molecule has 0 aliphatic heterocycles. The van der Waals surface area contributed by atoms with E-state index in [-0.39, 0.29) is 23.0 Å². The average molecular weight is 401 g/mol. The molecule has 0 unspecified atom stereocenters. The Bertz CT molecular complexity index is 992. The van der Waals surface area contributed by atoms with Crippen molar-refractivity contribution in [2.75, 3.05) is 5.32 Å². The van der Waals surface area contributed by atoms with Crippen LogP contribution in [0.15, 0.2) is 47.4 Å². The Morgan fingerprint density at radius 1 is 1.00 bits per heavy atom. The highest BCUT2D eigenvalue weighted by atomic mass is 32.2. The van der Waals surface area contributed by atoms with E-state index in [0.29, 0.717) is 24.1 Å². The summed E-state index contributed by atoms with van der Waals surface area (Å²) in [6.45, 7) is 3.50. The summed E-state index contributed by atoms with van der Waals surface area (Å²) < 4.78 is 33.0. The van der Waals surface area contributed by atoms with Crippen LogP contribution in [0.1, 0.15) is 43.4 Å². The molecule has 6 nitrogen and oxygen atoms in total. The van der Waals surface area contributed by atoms with E-state index in [1.54, 1.807) is 25.1 Å². The van der Waals surface area contributed by atoms with Crippen LogP contribution >= 0.6 is 0 Å². The lowest BCUT2D eigenvalue weighted by atomic mass is 10.0. The molecule has 28 heavy (non-hydrogen) atoms. The van der Waals surface area contributed by atoms with Gasteiger partial charge in [-0.3, -0.25) is 14.1 Å². The fraction of sp³-hybridized carbons (Fsp3) is 0.238. The highest BCUT2D eigenvalue weighted by Gasteiger charge is 2.15. The van der Waals surface area contributed by atoms with E-state index < -0.39 is 10.1 Å². The molecule has 2 rings (SSSR count). The predicted molar refractivity (Wildman–Crippen MR) is 110 cm³/mol. The fourth-order valence-corrected chi connectivity index (χ4v) is 3.22. The second kappa shape index (κ2) is 9.43. The van der Waals surface area contributed by atoms with Gasteiger partial charge in [-0.2, -0.15) is 8.42 Å². The normalized spacial score (nSPS) is 11.5. The molecule has 2 N–H and O–H groups in total. The Morgan fingerprint density at radius 3 is 2.25 bits per heavy atom. The number of rotatable bonds is 8. The molecule has 0 saturated heterocycles. The first-order valence-electron chi connectivity index (χ1n) is 8.93. The Balaban J connectivity index is 2.27. The van der Waals surface area contributed by atoms with E-state index >= 15 is 0 Å². The molecule has 0 heterocycles. The summed E-state index contributed by atoms with van der Waals surface area (Å²) in [5.41, 5.74) is 2.32. The van der Waals surface area contributed by atoms with Gasteiger partial charge >= 0.3 is 0 Å². The van der Waals surface area contributed by atoms with Crippen LogP contribution in [0.25, 0.3) is 12.2 Å². The molecular formula is C21H23NO5S. The van der Waals surface area contributed by atoms with Crippen LogP contribution in [-0.2, 0) is 26.1 Å². The molecule has 2 aromatic rings. The molecule has 0 fully saturated rings. The van der Waals surface area contributed by atoms with Crippen molar-refractivity contribution in [2.24, 2.45) is 0 Å². The van der Waals surface area contributed by atoms with Crippen molar-refractivity contribution in [2.45, 2.75) is 38.0 Å². The summed E-state index contributed by atoms with van der Waals surface area (Å²) in [6, 6.07) is 11.7. The van der Waals surface area contributed by atoms with E-state index in [1.807, 2.05) is 31.2 Å². The quantitative estimate of drug-likeness (QED) is 0.515. The fourth-order valence-electron chi connectivity index (χ4n) is 2.51. The Hall–Kier alpha value is -2.77. The molecule has 0 aliphatic carbocycles. The van der Waals surface area contributed by atoms with Crippen molar-refractivity contribution in [3.8, 4) is 0 Å². The summed E-state index contributed by atoms with van der Waals surface area (Å²) in [5.74, 6) is -0.0948. The highest BCUT2D eigenvalue weighted by Crippen LogP contribution is 2.23. The minimum absolute atomic E-state index is 0.163. The standard InChI is InChI=1S/C21H23NO5S/c1-3-19(23)13-16-7-5-15(6-8-16)9-10-17-11-12-18(22-21(24)4-2)14-20(17)28(25,26)27/h5-12,14H,3-4,13H2,1-2H3,(H,22,24)(H,25,26,27)/b10-9+. The van der Waals surface area contributed by atoms with Gasteiger partial charge in [-0.1, -0.05) is 56.3 Å². The van der Waals surface area contributed by atoms with Crippen molar-refractivity contribution in [1.82, 2.24) is 0 Å². The molecule has 1 amide bonds. The topological polar surface area (TPSA) is 101 Å². The zero-order valence-electron chi connectivity index (χ0n) is 15.8. The van der Waals surface area contributed by atoms with Crippen LogP contribution in [0.4, 0.5) is 5.69 Å². The minimum atomic E-state index is -4.47. The third-order valence-corrected chi connectivity index (χ3v) is 5.04. The molecule has 0 radical (unpaired) electrons. The summed E-state index contributed by atoms with van der Waals surface area (Å²) in [7, 11) is -4.47. The maximum absolute atomic E-state index is 11.7. The molecule has 0 saturated carbocycles. The molecule has 7 heteroatoms. The summed E-state index contributed by atoms with van der Waals surface area (Å²) in [6.07, 6.45) is 4.41. The van der Waals surface area contributed by atoms with E-state index in [1.165, 1.54) is 12.1 Å². The third-order valence-electron chi connectivity index (χ3n) is 4.13. The molecular weight excluding hydrogens is 378 g/mol. The minimum Gasteiger partial charge on any atom is -0.326 e. The predicted octanol–water partition coefficient (Wildman–Crippen LogP) is 3.97. The number of carbonyl (C=O) groups excluding carboxylic acids is 2. The first kappa shape index (κ1) is 21.5. The molecule has 2 aromatic carbocycles. The maximum Gasteiger partial charge on any atom is 0.295 e. The van der Waals surface area contributed by atoms with Crippen molar-refractivity contribution in [1.29, 1.82) is 0 Å². The van der Waals surface area contributed by atoms with Crippen LogP contribution in [0.5, 0.6) is 0 Å². The van der Waals surface area contributed by atoms with Crippen molar-refractivity contribution >= 4 is 39.6 Å². The number of hydrogen-bond donors (Lipinski definition) is 2. The van der Waals surface area contributed by atoms with Crippen LogP contribution < -0.4 is 5.32 Å². The van der Waals surface area contributed by atoms with Gasteiger partial charge < -0.3 is 5.32 Å². The largest absolute Gasteiger partial charge is 0.326 e. The zero-order valence-corrected chi connectivity index (χ0v) is 16.6. The number of carbonyl (C=O) groups is 2. The molecule has 0 bridgehead atoms. The monoisotopic (exact) mass is 401 g/mol. The first-order chi connectivity index (χ1) is 13.2. The lowest BCUT2D eigenvalue weighted by Gasteiger charge is -2.08. The van der Waals surface area contributed by atoms with Crippen molar-refractivity contribution in [3.05, 3.63) is 59.2 Å². The van der Waals surface area contributed by atoms with Crippen molar-refractivity contribution in [3.63, 3.8) is 0 Å².